The van der Waals surface area contributed by atoms with Crippen LogP contribution in [0.15, 0.2) is 0 Å². The van der Waals surface area contributed by atoms with Crippen LogP contribution in [-0.4, -0.2) is 21.7 Å². The van der Waals surface area contributed by atoms with E-state index >= 15 is 0 Å². The Morgan fingerprint density at radius 2 is 1.95 bits per heavy atom. The molecule has 1 rings (SSSR count). The molecule has 110 valence electrons. The number of hydrogen-bond acceptors (Lipinski definition) is 3. The number of carbonyl (C=O) groups is 1. The molecule has 0 aliphatic heterocycles. The first-order valence-electron chi connectivity index (χ1n) is 6.17. The highest BCUT2D eigenvalue weighted by Crippen LogP contribution is 2.17. The Labute approximate surface area is 121 Å². The van der Waals surface area contributed by atoms with Gasteiger partial charge in [0.2, 0.25) is 5.91 Å². The lowest BCUT2D eigenvalue weighted by atomic mass is 9.87. The number of carbonyl (C=O) groups excluding carboxylic acids is 1. The number of rotatable bonds is 3. The van der Waals surface area contributed by atoms with E-state index in [0.717, 1.165) is 17.0 Å². The second kappa shape index (κ2) is 6.39. The minimum atomic E-state index is -0.505. The van der Waals surface area contributed by atoms with Gasteiger partial charge in [-0.3, -0.25) is 9.48 Å². The van der Waals surface area contributed by atoms with Crippen molar-refractivity contribution in [3.63, 3.8) is 0 Å². The smallest absolute Gasteiger partial charge is 0.237 e. The molecule has 1 amide bonds. The van der Waals surface area contributed by atoms with Gasteiger partial charge < -0.3 is 11.1 Å². The van der Waals surface area contributed by atoms with Crippen LogP contribution in [0.2, 0.25) is 0 Å². The van der Waals surface area contributed by atoms with Crippen molar-refractivity contribution < 1.29 is 4.79 Å². The fraction of sp³-hybridized carbons (Fsp3) is 0.692. The van der Waals surface area contributed by atoms with Crippen molar-refractivity contribution in [1.29, 1.82) is 0 Å². The number of nitrogens with one attached hydrogen (secondary N) is 1. The molecule has 1 aromatic rings. The van der Waals surface area contributed by atoms with Crippen LogP contribution >= 0.6 is 12.4 Å². The Kier molecular flexibility index (Phi) is 6.03. The second-order valence-corrected chi connectivity index (χ2v) is 5.83. The molecule has 0 aliphatic carbocycles. The number of hydrogen-bond donors (Lipinski definition) is 2. The van der Waals surface area contributed by atoms with Crippen LogP contribution in [0.25, 0.3) is 0 Å². The predicted octanol–water partition coefficient (Wildman–Crippen LogP) is 1.45. The first-order valence-corrected chi connectivity index (χ1v) is 6.17. The Morgan fingerprint density at radius 1 is 1.42 bits per heavy atom. The first kappa shape index (κ1) is 17.9. The van der Waals surface area contributed by atoms with Gasteiger partial charge in [0.25, 0.3) is 0 Å². The molecule has 19 heavy (non-hydrogen) atoms. The third-order valence-corrected chi connectivity index (χ3v) is 3.31. The minimum Gasteiger partial charge on any atom is -0.351 e. The van der Waals surface area contributed by atoms with Crippen molar-refractivity contribution in [1.82, 2.24) is 15.1 Å². The largest absolute Gasteiger partial charge is 0.351 e. The molecular formula is C13H25ClN4O. The fourth-order valence-electron chi connectivity index (χ4n) is 1.75. The molecule has 6 heteroatoms. The van der Waals surface area contributed by atoms with Gasteiger partial charge in [0.15, 0.2) is 0 Å². The first-order chi connectivity index (χ1) is 8.14. The molecule has 0 saturated heterocycles. The van der Waals surface area contributed by atoms with Gasteiger partial charge in [-0.25, -0.2) is 0 Å². The highest BCUT2D eigenvalue weighted by molar-refractivity contribution is 5.85. The summed E-state index contributed by atoms with van der Waals surface area (Å²) in [6.45, 7) is 10.3. The van der Waals surface area contributed by atoms with Gasteiger partial charge in [0.1, 0.15) is 0 Å². The topological polar surface area (TPSA) is 72.9 Å². The van der Waals surface area contributed by atoms with E-state index in [9.17, 15) is 4.79 Å². The molecule has 0 spiro atoms. The number of nitrogens with zero attached hydrogens (tertiary/aromatic N) is 2. The summed E-state index contributed by atoms with van der Waals surface area (Å²) in [5, 5.41) is 7.20. The van der Waals surface area contributed by atoms with E-state index in [1.165, 1.54) is 0 Å². The van der Waals surface area contributed by atoms with Gasteiger partial charge in [-0.05, 0) is 19.3 Å². The Morgan fingerprint density at radius 3 is 2.32 bits per heavy atom. The summed E-state index contributed by atoms with van der Waals surface area (Å²) in [7, 11) is 1.90. The van der Waals surface area contributed by atoms with Gasteiger partial charge in [-0.2, -0.15) is 5.10 Å². The third kappa shape index (κ3) is 4.21. The zero-order valence-electron chi connectivity index (χ0n) is 12.6. The van der Waals surface area contributed by atoms with Crippen molar-refractivity contribution in [3.8, 4) is 0 Å². The van der Waals surface area contributed by atoms with Crippen molar-refractivity contribution in [3.05, 3.63) is 17.0 Å². The Hall–Kier alpha value is -1.07. The van der Waals surface area contributed by atoms with E-state index in [4.69, 9.17) is 5.73 Å². The lowest BCUT2D eigenvalue weighted by Crippen LogP contribution is -2.48. The van der Waals surface area contributed by atoms with Crippen LogP contribution in [0.4, 0.5) is 0 Å². The second-order valence-electron chi connectivity index (χ2n) is 5.83. The van der Waals surface area contributed by atoms with Crippen molar-refractivity contribution in [2.24, 2.45) is 18.2 Å². The van der Waals surface area contributed by atoms with E-state index < -0.39 is 6.04 Å². The number of halogens is 1. The highest BCUT2D eigenvalue weighted by Gasteiger charge is 2.27. The van der Waals surface area contributed by atoms with E-state index in [0.29, 0.717) is 6.54 Å². The maximum absolute atomic E-state index is 11.9. The molecule has 1 atom stereocenters. The van der Waals surface area contributed by atoms with Crippen molar-refractivity contribution in [2.75, 3.05) is 0 Å². The van der Waals surface area contributed by atoms with Gasteiger partial charge >= 0.3 is 0 Å². The lowest BCUT2D eigenvalue weighted by Gasteiger charge is -2.25. The molecule has 0 saturated carbocycles. The molecule has 1 aromatic heterocycles. The molecule has 1 heterocycles. The molecule has 0 fully saturated rings. The SMILES string of the molecule is Cc1nn(C)c(C)c1CNC(=O)[C@@H](N)C(C)(C)C.Cl. The summed E-state index contributed by atoms with van der Waals surface area (Å²) < 4.78 is 1.82. The summed E-state index contributed by atoms with van der Waals surface area (Å²) in [4.78, 5) is 11.9. The molecule has 0 aromatic carbocycles. The van der Waals surface area contributed by atoms with E-state index in [-0.39, 0.29) is 23.7 Å². The Bertz CT molecular complexity index is 448. The zero-order valence-corrected chi connectivity index (χ0v) is 13.4. The number of aromatic nitrogens is 2. The van der Waals surface area contributed by atoms with Gasteiger partial charge in [0, 0.05) is 24.8 Å². The molecule has 0 radical (unpaired) electrons. The van der Waals surface area contributed by atoms with Crippen LogP contribution < -0.4 is 11.1 Å². The lowest BCUT2D eigenvalue weighted by molar-refractivity contribution is -0.124. The van der Waals surface area contributed by atoms with E-state index in [1.54, 1.807) is 0 Å². The van der Waals surface area contributed by atoms with Crippen LogP contribution in [0.3, 0.4) is 0 Å². The molecule has 0 bridgehead atoms. The van der Waals surface area contributed by atoms with Gasteiger partial charge in [0.05, 0.1) is 11.7 Å². The summed E-state index contributed by atoms with van der Waals surface area (Å²) in [5.41, 5.74) is 8.75. The third-order valence-electron chi connectivity index (χ3n) is 3.31. The van der Waals surface area contributed by atoms with Crippen LogP contribution in [0, 0.1) is 19.3 Å². The number of nitrogens with two attached hydrogens (primary N) is 1. The van der Waals surface area contributed by atoms with Crippen LogP contribution in [0.5, 0.6) is 0 Å². The van der Waals surface area contributed by atoms with Crippen LogP contribution in [-0.2, 0) is 18.4 Å². The van der Waals surface area contributed by atoms with Crippen LogP contribution in [0.1, 0.15) is 37.7 Å². The number of aryl methyl sites for hydroxylation is 2. The quantitative estimate of drug-likeness (QED) is 0.884. The number of amides is 1. The Balaban J connectivity index is 0.00000324. The summed E-state index contributed by atoms with van der Waals surface area (Å²) in [6.07, 6.45) is 0. The summed E-state index contributed by atoms with van der Waals surface area (Å²) in [5.74, 6) is -0.120. The summed E-state index contributed by atoms with van der Waals surface area (Å²) in [6, 6.07) is -0.505. The molecular weight excluding hydrogens is 264 g/mol. The molecule has 5 nitrogen and oxygen atoms in total. The monoisotopic (exact) mass is 288 g/mol. The zero-order chi connectivity index (χ0) is 14.1. The standard InChI is InChI=1S/C13H24N4O.ClH/c1-8-10(9(2)17(6)16-8)7-15-12(18)11(14)13(3,4)5;/h11H,7,14H2,1-6H3,(H,15,18);1H/t11-;/m1./s1. The van der Waals surface area contributed by atoms with Crippen molar-refractivity contribution >= 4 is 18.3 Å². The minimum absolute atomic E-state index is 0. The van der Waals surface area contributed by atoms with Gasteiger partial charge in [-0.1, -0.05) is 20.8 Å². The molecule has 0 unspecified atom stereocenters. The predicted molar refractivity (Wildman–Crippen MR) is 79.2 cm³/mol. The summed E-state index contributed by atoms with van der Waals surface area (Å²) >= 11 is 0. The van der Waals surface area contributed by atoms with E-state index in [2.05, 4.69) is 10.4 Å². The average Bonchev–Trinajstić information content (AvgIpc) is 2.48. The fourth-order valence-corrected chi connectivity index (χ4v) is 1.75. The van der Waals surface area contributed by atoms with Crippen molar-refractivity contribution in [2.45, 2.75) is 47.2 Å². The van der Waals surface area contributed by atoms with E-state index in [1.807, 2.05) is 46.3 Å². The molecule has 0 aliphatic rings. The maximum atomic E-state index is 11.9. The molecule has 3 N–H and O–H groups in total. The van der Waals surface area contributed by atoms with Gasteiger partial charge in [-0.15, -0.1) is 12.4 Å². The average molecular weight is 289 g/mol. The highest BCUT2D eigenvalue weighted by atomic mass is 35.5. The normalized spacial score (nSPS) is 12.8. The maximum Gasteiger partial charge on any atom is 0.237 e.